The van der Waals surface area contributed by atoms with Crippen LogP contribution in [-0.2, 0) is 0 Å². The molecule has 0 spiro atoms. The van der Waals surface area contributed by atoms with Crippen molar-refractivity contribution in [2.24, 2.45) is 5.10 Å². The maximum atomic E-state index is 12.4. The molecule has 0 aromatic heterocycles. The Hall–Kier alpha value is -3.60. The highest BCUT2D eigenvalue weighted by atomic mass is 16.5. The molecule has 134 valence electrons. The number of para-hydroxylation sites is 1. The Balaban J connectivity index is 1.61. The summed E-state index contributed by atoms with van der Waals surface area (Å²) >= 11 is 0. The highest BCUT2D eigenvalue weighted by Gasteiger charge is 2.26. The highest BCUT2D eigenvalue weighted by Crippen LogP contribution is 2.34. The van der Waals surface area contributed by atoms with Crippen LogP contribution in [0.25, 0.3) is 0 Å². The minimum Gasteiger partial charge on any atom is -0.485 e. The first-order valence-electron chi connectivity index (χ1n) is 8.74. The summed E-state index contributed by atoms with van der Waals surface area (Å²) in [6.07, 6.45) is 0.427. The molecule has 5 heteroatoms. The number of nitrogen functional groups attached to an aromatic ring is 1. The summed E-state index contributed by atoms with van der Waals surface area (Å²) in [5.41, 5.74) is 12.2. The molecule has 0 unspecified atom stereocenters. The van der Waals surface area contributed by atoms with E-state index in [-0.39, 0.29) is 12.0 Å². The lowest BCUT2D eigenvalue weighted by molar-refractivity contribution is 0.0954. The second-order valence-electron chi connectivity index (χ2n) is 6.34. The molecule has 3 N–H and O–H groups in total. The van der Waals surface area contributed by atoms with E-state index < -0.39 is 0 Å². The third-order valence-electron chi connectivity index (χ3n) is 4.48. The number of carbonyl (C=O) groups excluding carboxylic acids is 1. The standard InChI is InChI=1S/C22H19N3O2/c23-17-12-10-16(11-13-17)22(26)25-24-19-14-21(15-6-2-1-3-7-15)27-20-9-5-4-8-18(19)20/h1-13,21H,14,23H2,(H,25,26)/b24-19-/t21-/m0/s1. The number of nitrogens with two attached hydrogens (primary N) is 1. The molecule has 3 aromatic rings. The van der Waals surface area contributed by atoms with Gasteiger partial charge in [-0.3, -0.25) is 4.79 Å². The van der Waals surface area contributed by atoms with E-state index in [1.54, 1.807) is 24.3 Å². The van der Waals surface area contributed by atoms with Gasteiger partial charge < -0.3 is 10.5 Å². The van der Waals surface area contributed by atoms with E-state index in [0.29, 0.717) is 17.7 Å². The van der Waals surface area contributed by atoms with Crippen LogP contribution in [0.5, 0.6) is 5.75 Å². The summed E-state index contributed by atoms with van der Waals surface area (Å²) in [5.74, 6) is 0.487. The van der Waals surface area contributed by atoms with Gasteiger partial charge in [-0.25, -0.2) is 5.43 Å². The predicted molar refractivity (Wildman–Crippen MR) is 106 cm³/mol. The van der Waals surface area contributed by atoms with Crippen LogP contribution in [0.15, 0.2) is 84.0 Å². The van der Waals surface area contributed by atoms with Gasteiger partial charge in [-0.05, 0) is 42.0 Å². The molecule has 1 amide bonds. The van der Waals surface area contributed by atoms with Crippen molar-refractivity contribution < 1.29 is 9.53 Å². The molecule has 1 atom stereocenters. The van der Waals surface area contributed by atoms with Gasteiger partial charge in [0.2, 0.25) is 0 Å². The molecular formula is C22H19N3O2. The predicted octanol–water partition coefficient (Wildman–Crippen LogP) is 3.93. The van der Waals surface area contributed by atoms with E-state index in [1.165, 1.54) is 0 Å². The summed E-state index contributed by atoms with van der Waals surface area (Å²) in [6, 6.07) is 24.5. The first-order chi connectivity index (χ1) is 13.2. The number of anilines is 1. The van der Waals surface area contributed by atoms with Gasteiger partial charge in [0.1, 0.15) is 11.9 Å². The average Bonchev–Trinajstić information content (AvgIpc) is 2.72. The topological polar surface area (TPSA) is 76.7 Å². The van der Waals surface area contributed by atoms with Gasteiger partial charge >= 0.3 is 0 Å². The van der Waals surface area contributed by atoms with Crippen LogP contribution in [-0.4, -0.2) is 11.6 Å². The number of benzene rings is 3. The van der Waals surface area contributed by atoms with Crippen molar-refractivity contribution in [3.8, 4) is 5.75 Å². The molecule has 0 radical (unpaired) electrons. The zero-order valence-electron chi connectivity index (χ0n) is 14.6. The summed E-state index contributed by atoms with van der Waals surface area (Å²) in [6.45, 7) is 0. The second-order valence-corrected chi connectivity index (χ2v) is 6.34. The lowest BCUT2D eigenvalue weighted by atomic mass is 9.96. The molecule has 0 bridgehead atoms. The molecular weight excluding hydrogens is 338 g/mol. The van der Waals surface area contributed by atoms with Gasteiger partial charge in [-0.2, -0.15) is 5.10 Å². The Morgan fingerprint density at radius 3 is 2.44 bits per heavy atom. The first-order valence-corrected chi connectivity index (χ1v) is 8.74. The van der Waals surface area contributed by atoms with E-state index in [2.05, 4.69) is 10.5 Å². The van der Waals surface area contributed by atoms with Crippen molar-refractivity contribution in [3.63, 3.8) is 0 Å². The second kappa shape index (κ2) is 7.33. The van der Waals surface area contributed by atoms with Gasteiger partial charge in [-0.1, -0.05) is 42.5 Å². The fourth-order valence-electron chi connectivity index (χ4n) is 3.07. The quantitative estimate of drug-likeness (QED) is 0.551. The largest absolute Gasteiger partial charge is 0.485 e. The first kappa shape index (κ1) is 16.8. The average molecular weight is 357 g/mol. The van der Waals surface area contributed by atoms with Crippen LogP contribution in [0.1, 0.15) is 34.0 Å². The van der Waals surface area contributed by atoms with Gasteiger partial charge in [0.15, 0.2) is 0 Å². The lowest BCUT2D eigenvalue weighted by Gasteiger charge is -2.27. The summed E-state index contributed by atoms with van der Waals surface area (Å²) < 4.78 is 6.15. The molecule has 1 aliphatic heterocycles. The number of hydrogen-bond acceptors (Lipinski definition) is 4. The van der Waals surface area contributed by atoms with Crippen LogP contribution < -0.4 is 15.9 Å². The minimum atomic E-state index is -0.275. The molecule has 0 saturated carbocycles. The number of hydrogen-bond donors (Lipinski definition) is 2. The maximum Gasteiger partial charge on any atom is 0.271 e. The normalized spacial score (nSPS) is 17.0. The van der Waals surface area contributed by atoms with Crippen LogP contribution in [0.3, 0.4) is 0 Å². The molecule has 3 aromatic carbocycles. The third-order valence-corrected chi connectivity index (χ3v) is 4.48. The minimum absolute atomic E-state index is 0.145. The molecule has 1 heterocycles. The number of nitrogens with zero attached hydrogens (tertiary/aromatic N) is 1. The van der Waals surface area contributed by atoms with Crippen LogP contribution in [0, 0.1) is 0 Å². The summed E-state index contributed by atoms with van der Waals surface area (Å²) in [4.78, 5) is 12.4. The Morgan fingerprint density at radius 2 is 1.67 bits per heavy atom. The number of fused-ring (bicyclic) bond motifs is 1. The molecule has 0 saturated heterocycles. The zero-order valence-corrected chi connectivity index (χ0v) is 14.6. The van der Waals surface area contributed by atoms with Crippen molar-refractivity contribution in [1.29, 1.82) is 0 Å². The SMILES string of the molecule is Nc1ccc(C(=O)N/N=C2/C[C@@H](c3ccccc3)Oc3ccccc32)cc1. The van der Waals surface area contributed by atoms with Crippen molar-refractivity contribution in [2.75, 3.05) is 5.73 Å². The Morgan fingerprint density at radius 1 is 0.963 bits per heavy atom. The number of ether oxygens (including phenoxy) is 1. The monoisotopic (exact) mass is 357 g/mol. The Bertz CT molecular complexity index is 982. The number of amides is 1. The van der Waals surface area contributed by atoms with Crippen molar-refractivity contribution >= 4 is 17.3 Å². The smallest absolute Gasteiger partial charge is 0.271 e. The molecule has 5 nitrogen and oxygen atoms in total. The Labute approximate surface area is 157 Å². The fraction of sp³-hybridized carbons (Fsp3) is 0.0909. The van der Waals surface area contributed by atoms with Gasteiger partial charge in [-0.15, -0.1) is 0 Å². The summed E-state index contributed by atoms with van der Waals surface area (Å²) in [5, 5.41) is 4.40. The number of nitrogens with one attached hydrogen (secondary N) is 1. The van der Waals surface area contributed by atoms with Crippen molar-refractivity contribution in [1.82, 2.24) is 5.43 Å². The van der Waals surface area contributed by atoms with Gasteiger partial charge in [0.05, 0.1) is 5.71 Å². The molecule has 4 rings (SSSR count). The van der Waals surface area contributed by atoms with E-state index in [9.17, 15) is 4.79 Å². The van der Waals surface area contributed by atoms with Crippen LogP contribution in [0.2, 0.25) is 0 Å². The molecule has 1 aliphatic rings. The molecule has 0 fully saturated rings. The van der Waals surface area contributed by atoms with E-state index in [4.69, 9.17) is 10.5 Å². The highest BCUT2D eigenvalue weighted by molar-refractivity contribution is 6.05. The van der Waals surface area contributed by atoms with Crippen LogP contribution >= 0.6 is 0 Å². The number of carbonyl (C=O) groups is 1. The van der Waals surface area contributed by atoms with E-state index >= 15 is 0 Å². The van der Waals surface area contributed by atoms with E-state index in [0.717, 1.165) is 22.6 Å². The summed E-state index contributed by atoms with van der Waals surface area (Å²) in [7, 11) is 0. The maximum absolute atomic E-state index is 12.4. The van der Waals surface area contributed by atoms with Gasteiger partial charge in [0.25, 0.3) is 5.91 Å². The molecule has 0 aliphatic carbocycles. The Kier molecular flexibility index (Phi) is 4.58. The van der Waals surface area contributed by atoms with Crippen molar-refractivity contribution in [3.05, 3.63) is 95.6 Å². The van der Waals surface area contributed by atoms with Gasteiger partial charge in [0, 0.05) is 23.2 Å². The number of hydrazone groups is 1. The number of rotatable bonds is 3. The van der Waals surface area contributed by atoms with Crippen LogP contribution in [0.4, 0.5) is 5.69 Å². The van der Waals surface area contributed by atoms with E-state index in [1.807, 2.05) is 54.6 Å². The third kappa shape index (κ3) is 3.67. The van der Waals surface area contributed by atoms with Crippen molar-refractivity contribution in [2.45, 2.75) is 12.5 Å². The fourth-order valence-corrected chi connectivity index (χ4v) is 3.07. The zero-order chi connectivity index (χ0) is 18.6. The lowest BCUT2D eigenvalue weighted by Crippen LogP contribution is -2.25. The molecule has 27 heavy (non-hydrogen) atoms.